The summed E-state index contributed by atoms with van der Waals surface area (Å²) >= 11 is 0. The van der Waals surface area contributed by atoms with Crippen LogP contribution < -0.4 is 5.73 Å². The Balaban J connectivity index is 1.50. The number of Topliss-reactive ketones (excluding diaryl/α,β-unsaturated/α-hetero) is 1. The van der Waals surface area contributed by atoms with E-state index in [1.54, 1.807) is 24.3 Å². The summed E-state index contributed by atoms with van der Waals surface area (Å²) in [5.74, 6) is 0.589. The van der Waals surface area contributed by atoms with Crippen LogP contribution >= 0.6 is 0 Å². The van der Waals surface area contributed by atoms with E-state index in [0.29, 0.717) is 24.0 Å². The van der Waals surface area contributed by atoms with Crippen molar-refractivity contribution >= 4 is 16.7 Å². The molecule has 0 radical (unpaired) electrons. The van der Waals surface area contributed by atoms with Gasteiger partial charge >= 0.3 is 0 Å². The smallest absolute Gasteiger partial charge is 0.179 e. The van der Waals surface area contributed by atoms with E-state index in [4.69, 9.17) is 5.73 Å². The summed E-state index contributed by atoms with van der Waals surface area (Å²) in [6.07, 6.45) is 4.70. The van der Waals surface area contributed by atoms with Crippen LogP contribution in [0.5, 0.6) is 0 Å². The van der Waals surface area contributed by atoms with Crippen LogP contribution in [0, 0.1) is 23.5 Å². The number of ketones is 1. The van der Waals surface area contributed by atoms with Crippen LogP contribution in [0.15, 0.2) is 66.7 Å². The van der Waals surface area contributed by atoms with Crippen LogP contribution in [-0.4, -0.2) is 17.3 Å². The number of halogens is 2. The minimum Gasteiger partial charge on any atom is -0.352 e. The number of rotatable bonds is 7. The van der Waals surface area contributed by atoms with Gasteiger partial charge in [0.15, 0.2) is 5.78 Å². The first-order valence-corrected chi connectivity index (χ1v) is 11.9. The standard InChI is InChI=1S/C29H28F2N2O/c30-23-9-4-20(5-10-23)22-8-13-25-26(16-22)33-29(28(25)21-6-11-24(31)12-7-21)27(34)14-3-18-1-2-19(15-18)17-32/h4-13,16,18-19,33H,1-3,14-15,17,32H2/t18-,19+/m1/s1. The molecule has 3 N–H and O–H groups in total. The first-order chi connectivity index (χ1) is 16.5. The summed E-state index contributed by atoms with van der Waals surface area (Å²) < 4.78 is 27.0. The Morgan fingerprint density at radius 3 is 2.12 bits per heavy atom. The molecule has 1 fully saturated rings. The fraction of sp³-hybridized carbons (Fsp3) is 0.276. The zero-order chi connectivity index (χ0) is 23.7. The molecule has 0 saturated heterocycles. The fourth-order valence-corrected chi connectivity index (χ4v) is 5.26. The van der Waals surface area contributed by atoms with E-state index < -0.39 is 0 Å². The second-order valence-corrected chi connectivity index (χ2v) is 9.39. The molecule has 0 aliphatic heterocycles. The molecule has 4 aromatic rings. The van der Waals surface area contributed by atoms with Crippen molar-refractivity contribution in [2.24, 2.45) is 17.6 Å². The lowest BCUT2D eigenvalue weighted by Crippen LogP contribution is -2.11. The van der Waals surface area contributed by atoms with Crippen molar-refractivity contribution < 1.29 is 13.6 Å². The van der Waals surface area contributed by atoms with Crippen molar-refractivity contribution in [3.05, 3.63) is 84.1 Å². The third-order valence-electron chi connectivity index (χ3n) is 7.15. The van der Waals surface area contributed by atoms with Gasteiger partial charge in [0.25, 0.3) is 0 Å². The summed E-state index contributed by atoms with van der Waals surface area (Å²) in [5, 5.41) is 0.907. The molecule has 34 heavy (non-hydrogen) atoms. The maximum absolute atomic E-state index is 13.6. The van der Waals surface area contributed by atoms with Crippen LogP contribution in [0.3, 0.4) is 0 Å². The monoisotopic (exact) mass is 458 g/mol. The van der Waals surface area contributed by atoms with Crippen LogP contribution in [0.4, 0.5) is 8.78 Å². The maximum atomic E-state index is 13.6. The number of nitrogens with two attached hydrogens (primary N) is 1. The Bertz CT molecular complexity index is 1310. The van der Waals surface area contributed by atoms with Crippen molar-refractivity contribution in [3.8, 4) is 22.3 Å². The molecular formula is C29H28F2N2O. The molecule has 1 aliphatic carbocycles. The molecule has 1 saturated carbocycles. The average Bonchev–Trinajstić information content (AvgIpc) is 3.48. The largest absolute Gasteiger partial charge is 0.352 e. The lowest BCUT2D eigenvalue weighted by Gasteiger charge is -2.10. The second-order valence-electron chi connectivity index (χ2n) is 9.39. The average molecular weight is 459 g/mol. The number of fused-ring (bicyclic) bond motifs is 1. The van der Waals surface area contributed by atoms with Gasteiger partial charge in [0.05, 0.1) is 5.69 Å². The Hall–Kier alpha value is -3.31. The van der Waals surface area contributed by atoms with Crippen LogP contribution in [0.1, 0.15) is 42.6 Å². The molecule has 0 amide bonds. The molecule has 1 aliphatic rings. The highest BCUT2D eigenvalue weighted by Crippen LogP contribution is 2.37. The highest BCUT2D eigenvalue weighted by molar-refractivity contribution is 6.11. The SMILES string of the molecule is NC[C@H]1CC[C@H](CCC(=O)c2[nH]c3cc(-c4ccc(F)cc4)ccc3c2-c2ccc(F)cc2)C1. The first-order valence-electron chi connectivity index (χ1n) is 11.9. The molecular weight excluding hydrogens is 430 g/mol. The van der Waals surface area contributed by atoms with Gasteiger partial charge in [-0.05, 0) is 84.7 Å². The van der Waals surface area contributed by atoms with Gasteiger partial charge in [-0.3, -0.25) is 4.79 Å². The predicted molar refractivity (Wildman–Crippen MR) is 133 cm³/mol. The number of carbonyl (C=O) groups is 1. The van der Waals surface area contributed by atoms with E-state index in [1.165, 1.54) is 24.3 Å². The summed E-state index contributed by atoms with van der Waals surface area (Å²) in [6, 6.07) is 18.5. The Kier molecular flexibility index (Phi) is 6.29. The van der Waals surface area contributed by atoms with E-state index >= 15 is 0 Å². The van der Waals surface area contributed by atoms with Gasteiger partial charge in [-0.25, -0.2) is 8.78 Å². The van der Waals surface area contributed by atoms with Gasteiger partial charge in [-0.1, -0.05) is 42.8 Å². The van der Waals surface area contributed by atoms with Crippen molar-refractivity contribution in [2.75, 3.05) is 6.54 Å². The number of H-pyrrole nitrogens is 1. The number of hydrogen-bond donors (Lipinski definition) is 2. The van der Waals surface area contributed by atoms with E-state index in [2.05, 4.69) is 4.98 Å². The Morgan fingerprint density at radius 2 is 1.47 bits per heavy atom. The third-order valence-corrected chi connectivity index (χ3v) is 7.15. The van der Waals surface area contributed by atoms with Gasteiger partial charge in [0.2, 0.25) is 0 Å². The highest BCUT2D eigenvalue weighted by atomic mass is 19.1. The van der Waals surface area contributed by atoms with Gasteiger partial charge in [-0.15, -0.1) is 0 Å². The zero-order valence-corrected chi connectivity index (χ0v) is 19.0. The molecule has 0 bridgehead atoms. The summed E-state index contributed by atoms with van der Waals surface area (Å²) in [5.41, 5.74) is 10.6. The molecule has 0 unspecified atom stereocenters. The van der Waals surface area contributed by atoms with Gasteiger partial charge < -0.3 is 10.7 Å². The number of benzene rings is 3. The van der Waals surface area contributed by atoms with Gasteiger partial charge in [-0.2, -0.15) is 0 Å². The summed E-state index contributed by atoms with van der Waals surface area (Å²) in [6.45, 7) is 0.720. The quantitative estimate of drug-likeness (QED) is 0.290. The highest BCUT2D eigenvalue weighted by Gasteiger charge is 2.25. The minimum atomic E-state index is -0.314. The van der Waals surface area contributed by atoms with Crippen LogP contribution in [-0.2, 0) is 0 Å². The van der Waals surface area contributed by atoms with Crippen molar-refractivity contribution in [1.82, 2.24) is 4.98 Å². The minimum absolute atomic E-state index is 0.0649. The van der Waals surface area contributed by atoms with E-state index in [0.717, 1.165) is 65.4 Å². The van der Waals surface area contributed by atoms with Gasteiger partial charge in [0.1, 0.15) is 11.6 Å². The van der Waals surface area contributed by atoms with E-state index in [9.17, 15) is 13.6 Å². The normalized spacial score (nSPS) is 18.0. The van der Waals surface area contributed by atoms with Crippen molar-refractivity contribution in [1.29, 1.82) is 0 Å². The van der Waals surface area contributed by atoms with Crippen molar-refractivity contribution in [3.63, 3.8) is 0 Å². The molecule has 1 aromatic heterocycles. The van der Waals surface area contributed by atoms with Gasteiger partial charge in [0, 0.05) is 22.9 Å². The number of nitrogens with one attached hydrogen (secondary N) is 1. The molecule has 3 nitrogen and oxygen atoms in total. The molecule has 0 spiro atoms. The predicted octanol–water partition coefficient (Wildman–Crippen LogP) is 7.12. The molecule has 3 aromatic carbocycles. The summed E-state index contributed by atoms with van der Waals surface area (Å²) in [4.78, 5) is 16.8. The lowest BCUT2D eigenvalue weighted by molar-refractivity contribution is 0.0970. The third kappa shape index (κ3) is 4.53. The number of aromatic amines is 1. The van der Waals surface area contributed by atoms with E-state index in [1.807, 2.05) is 18.2 Å². The molecule has 1 heterocycles. The molecule has 5 heteroatoms. The molecule has 174 valence electrons. The lowest BCUT2D eigenvalue weighted by atomic mass is 9.94. The Morgan fingerprint density at radius 1 is 0.853 bits per heavy atom. The number of hydrogen-bond acceptors (Lipinski definition) is 2. The topological polar surface area (TPSA) is 58.9 Å². The van der Waals surface area contributed by atoms with Crippen LogP contribution in [0.2, 0.25) is 0 Å². The molecule has 2 atom stereocenters. The zero-order valence-electron chi connectivity index (χ0n) is 19.0. The first kappa shape index (κ1) is 22.5. The summed E-state index contributed by atoms with van der Waals surface area (Å²) in [7, 11) is 0. The number of carbonyl (C=O) groups excluding carboxylic acids is 1. The fourth-order valence-electron chi connectivity index (χ4n) is 5.26. The second kappa shape index (κ2) is 9.51. The van der Waals surface area contributed by atoms with Crippen LogP contribution in [0.25, 0.3) is 33.2 Å². The Labute approximate surface area is 198 Å². The maximum Gasteiger partial charge on any atom is 0.179 e. The molecule has 5 rings (SSSR count). The van der Waals surface area contributed by atoms with Crippen molar-refractivity contribution in [2.45, 2.75) is 32.1 Å². The number of aromatic nitrogens is 1. The van der Waals surface area contributed by atoms with E-state index in [-0.39, 0.29) is 17.4 Å².